The second kappa shape index (κ2) is 5.42. The van der Waals surface area contributed by atoms with Crippen LogP contribution in [0.2, 0.25) is 5.02 Å². The second-order valence-electron chi connectivity index (χ2n) is 4.24. The lowest BCUT2D eigenvalue weighted by Gasteiger charge is -2.08. The third kappa shape index (κ3) is 2.62. The zero-order valence-electron chi connectivity index (χ0n) is 10.5. The quantitative estimate of drug-likeness (QED) is 0.703. The van der Waals surface area contributed by atoms with Gasteiger partial charge in [0.15, 0.2) is 5.82 Å². The van der Waals surface area contributed by atoms with Crippen LogP contribution in [0, 0.1) is 5.82 Å². The molecule has 8 heteroatoms. The van der Waals surface area contributed by atoms with Crippen molar-refractivity contribution in [2.45, 2.75) is 0 Å². The lowest BCUT2D eigenvalue weighted by atomic mass is 10.1. The minimum atomic E-state index is -0.365. The molecule has 0 aliphatic heterocycles. The van der Waals surface area contributed by atoms with Crippen molar-refractivity contribution in [1.82, 2.24) is 20.2 Å². The first-order chi connectivity index (χ1) is 10.1. The third-order valence-electron chi connectivity index (χ3n) is 2.87. The number of nitrogen functional groups attached to an aromatic ring is 1. The van der Waals surface area contributed by atoms with Gasteiger partial charge in [-0.1, -0.05) is 11.6 Å². The Balaban J connectivity index is 2.17. The van der Waals surface area contributed by atoms with Crippen LogP contribution in [-0.2, 0) is 0 Å². The molecule has 0 aliphatic carbocycles. The molecule has 0 aliphatic rings. The second-order valence-corrected chi connectivity index (χ2v) is 5.54. The van der Waals surface area contributed by atoms with Crippen LogP contribution in [0.25, 0.3) is 17.1 Å². The number of halogens is 3. The number of nitrogens with two attached hydrogens (primary N) is 1. The molecule has 2 aromatic carbocycles. The van der Waals surface area contributed by atoms with Gasteiger partial charge in [0.1, 0.15) is 5.82 Å². The molecule has 1 heterocycles. The summed E-state index contributed by atoms with van der Waals surface area (Å²) in [6, 6.07) is 9.51. The highest BCUT2D eigenvalue weighted by Gasteiger charge is 2.15. The molecule has 0 atom stereocenters. The van der Waals surface area contributed by atoms with Crippen LogP contribution in [0.1, 0.15) is 0 Å². The topological polar surface area (TPSA) is 69.6 Å². The van der Waals surface area contributed by atoms with E-state index < -0.39 is 0 Å². The van der Waals surface area contributed by atoms with Crippen LogP contribution in [0.5, 0.6) is 0 Å². The Kier molecular flexibility index (Phi) is 3.60. The van der Waals surface area contributed by atoms with E-state index in [0.717, 1.165) is 0 Å². The van der Waals surface area contributed by atoms with E-state index in [-0.39, 0.29) is 5.82 Å². The summed E-state index contributed by atoms with van der Waals surface area (Å²) in [6.07, 6.45) is 0. The summed E-state index contributed by atoms with van der Waals surface area (Å²) in [5, 5.41) is 12.1. The van der Waals surface area contributed by atoms with E-state index in [2.05, 4.69) is 31.5 Å². The first-order valence-corrected chi connectivity index (χ1v) is 7.02. The smallest absolute Gasteiger partial charge is 0.189 e. The van der Waals surface area contributed by atoms with Gasteiger partial charge in [0.2, 0.25) is 0 Å². The average Bonchev–Trinajstić information content (AvgIpc) is 2.93. The summed E-state index contributed by atoms with van der Waals surface area (Å²) < 4.78 is 15.1. The number of nitrogens with zero attached hydrogens (tertiary/aromatic N) is 4. The average molecular weight is 369 g/mol. The van der Waals surface area contributed by atoms with Gasteiger partial charge in [0.05, 0.1) is 10.2 Å². The minimum Gasteiger partial charge on any atom is -0.398 e. The SMILES string of the molecule is Nc1ccc(Cl)cc1-c1nnnn1-c1ccc(F)c(Br)c1. The van der Waals surface area contributed by atoms with Gasteiger partial charge in [-0.25, -0.2) is 4.39 Å². The van der Waals surface area contributed by atoms with E-state index in [9.17, 15) is 4.39 Å². The third-order valence-corrected chi connectivity index (χ3v) is 3.72. The largest absolute Gasteiger partial charge is 0.398 e. The van der Waals surface area contributed by atoms with Crippen molar-refractivity contribution in [3.05, 3.63) is 51.7 Å². The first-order valence-electron chi connectivity index (χ1n) is 5.85. The number of hydrogen-bond acceptors (Lipinski definition) is 4. The lowest BCUT2D eigenvalue weighted by molar-refractivity contribution is 0.620. The molecular weight excluding hydrogens is 361 g/mol. The number of rotatable bonds is 2. The Hall–Kier alpha value is -1.99. The molecule has 2 N–H and O–H groups in total. The monoisotopic (exact) mass is 367 g/mol. The number of hydrogen-bond donors (Lipinski definition) is 1. The van der Waals surface area contributed by atoms with Crippen molar-refractivity contribution in [2.24, 2.45) is 0 Å². The molecule has 21 heavy (non-hydrogen) atoms. The molecule has 0 unspecified atom stereocenters. The summed E-state index contributed by atoms with van der Waals surface area (Å²) in [6.45, 7) is 0. The van der Waals surface area contributed by atoms with Crippen molar-refractivity contribution in [1.29, 1.82) is 0 Å². The predicted octanol–water partition coefficient (Wildman–Crippen LogP) is 3.47. The van der Waals surface area contributed by atoms with Crippen LogP contribution in [0.3, 0.4) is 0 Å². The van der Waals surface area contributed by atoms with E-state index in [4.69, 9.17) is 17.3 Å². The van der Waals surface area contributed by atoms with Crippen molar-refractivity contribution >= 4 is 33.2 Å². The summed E-state index contributed by atoms with van der Waals surface area (Å²) >= 11 is 9.12. The van der Waals surface area contributed by atoms with Gasteiger partial charge >= 0.3 is 0 Å². The van der Waals surface area contributed by atoms with Crippen molar-refractivity contribution in [3.63, 3.8) is 0 Å². The Bertz CT molecular complexity index is 820. The number of anilines is 1. The normalized spacial score (nSPS) is 10.8. The minimum absolute atomic E-state index is 0.320. The highest BCUT2D eigenvalue weighted by Crippen LogP contribution is 2.29. The molecule has 0 saturated heterocycles. The van der Waals surface area contributed by atoms with E-state index in [0.29, 0.717) is 32.3 Å². The molecule has 0 fully saturated rings. The maximum atomic E-state index is 13.3. The maximum Gasteiger partial charge on any atom is 0.189 e. The van der Waals surface area contributed by atoms with E-state index in [1.54, 1.807) is 30.3 Å². The molecule has 3 rings (SSSR count). The van der Waals surface area contributed by atoms with Crippen LogP contribution >= 0.6 is 27.5 Å². The summed E-state index contributed by atoms with van der Waals surface area (Å²) in [5.41, 5.74) is 7.65. The van der Waals surface area contributed by atoms with Crippen LogP contribution < -0.4 is 5.73 Å². The molecule has 5 nitrogen and oxygen atoms in total. The van der Waals surface area contributed by atoms with Gasteiger partial charge in [0, 0.05) is 16.3 Å². The number of tetrazole rings is 1. The van der Waals surface area contributed by atoms with Crippen molar-refractivity contribution in [3.8, 4) is 17.1 Å². The summed E-state index contributed by atoms with van der Waals surface area (Å²) in [5.74, 6) is 0.0594. The Labute approximate surface area is 132 Å². The molecule has 1 aromatic heterocycles. The highest BCUT2D eigenvalue weighted by molar-refractivity contribution is 9.10. The fraction of sp³-hybridized carbons (Fsp3) is 0. The van der Waals surface area contributed by atoms with Gasteiger partial charge < -0.3 is 5.73 Å². The fourth-order valence-electron chi connectivity index (χ4n) is 1.87. The summed E-state index contributed by atoms with van der Waals surface area (Å²) in [4.78, 5) is 0. The molecular formula is C13H8BrClFN5. The molecule has 0 amide bonds. The Morgan fingerprint density at radius 2 is 2.00 bits per heavy atom. The molecule has 0 bridgehead atoms. The van der Waals surface area contributed by atoms with E-state index in [1.807, 2.05) is 0 Å². The van der Waals surface area contributed by atoms with Gasteiger partial charge in [-0.15, -0.1) is 5.10 Å². The molecule has 106 valence electrons. The van der Waals surface area contributed by atoms with Gasteiger partial charge in [-0.05, 0) is 62.8 Å². The number of aromatic nitrogens is 4. The molecule has 0 saturated carbocycles. The maximum absolute atomic E-state index is 13.3. The number of benzene rings is 2. The summed E-state index contributed by atoms with van der Waals surface area (Å²) in [7, 11) is 0. The van der Waals surface area contributed by atoms with Gasteiger partial charge in [-0.3, -0.25) is 0 Å². The van der Waals surface area contributed by atoms with Crippen LogP contribution in [0.4, 0.5) is 10.1 Å². The van der Waals surface area contributed by atoms with Crippen LogP contribution in [0.15, 0.2) is 40.9 Å². The molecule has 3 aromatic rings. The zero-order valence-corrected chi connectivity index (χ0v) is 12.8. The Morgan fingerprint density at radius 3 is 2.76 bits per heavy atom. The first kappa shape index (κ1) is 14.0. The van der Waals surface area contributed by atoms with Crippen molar-refractivity contribution < 1.29 is 4.39 Å². The van der Waals surface area contributed by atoms with E-state index in [1.165, 1.54) is 10.7 Å². The predicted molar refractivity (Wildman–Crippen MR) is 81.7 cm³/mol. The standard InChI is InChI=1S/C13H8BrClFN5/c14-10-6-8(2-3-11(10)16)21-13(18-19-20-21)9-5-7(15)1-4-12(9)17/h1-6H,17H2. The van der Waals surface area contributed by atoms with Crippen LogP contribution in [-0.4, -0.2) is 20.2 Å². The zero-order chi connectivity index (χ0) is 15.0. The highest BCUT2D eigenvalue weighted by atomic mass is 79.9. The lowest BCUT2D eigenvalue weighted by Crippen LogP contribution is -2.02. The van der Waals surface area contributed by atoms with Crippen molar-refractivity contribution in [2.75, 3.05) is 5.73 Å². The fourth-order valence-corrected chi connectivity index (χ4v) is 2.41. The Morgan fingerprint density at radius 1 is 1.19 bits per heavy atom. The van der Waals surface area contributed by atoms with E-state index >= 15 is 0 Å². The molecule has 0 spiro atoms. The molecule has 0 radical (unpaired) electrons. The van der Waals surface area contributed by atoms with Gasteiger partial charge in [-0.2, -0.15) is 4.68 Å². The van der Waals surface area contributed by atoms with Gasteiger partial charge in [0.25, 0.3) is 0 Å².